The minimum atomic E-state index is 0.741. The summed E-state index contributed by atoms with van der Waals surface area (Å²) in [7, 11) is 2.02. The van der Waals surface area contributed by atoms with Crippen molar-refractivity contribution < 1.29 is 0 Å². The summed E-state index contributed by atoms with van der Waals surface area (Å²) in [5, 5.41) is 3.22. The molecule has 0 bridgehead atoms. The number of hydrogen-bond donors (Lipinski definition) is 1. The second-order valence-corrected chi connectivity index (χ2v) is 4.14. The molecule has 0 radical (unpaired) electrons. The van der Waals surface area contributed by atoms with Gasteiger partial charge in [-0.2, -0.15) is 0 Å². The fraction of sp³-hybridized carbons (Fsp3) is 0.818. The molecule has 13 heavy (non-hydrogen) atoms. The molecule has 2 heteroatoms. The highest BCUT2D eigenvalue weighted by atomic mass is 15.2. The second-order valence-electron chi connectivity index (χ2n) is 4.14. The average molecular weight is 182 g/mol. The predicted octanol–water partition coefficient (Wildman–Crippen LogP) is 1.49. The van der Waals surface area contributed by atoms with Gasteiger partial charge in [0, 0.05) is 19.1 Å². The second kappa shape index (κ2) is 5.40. The Hall–Kier alpha value is -0.340. The molecule has 0 aliphatic heterocycles. The van der Waals surface area contributed by atoms with Gasteiger partial charge in [0.2, 0.25) is 0 Å². The molecule has 0 spiro atoms. The monoisotopic (exact) mass is 182 g/mol. The van der Waals surface area contributed by atoms with Crippen LogP contribution in [0.25, 0.3) is 0 Å². The van der Waals surface area contributed by atoms with E-state index in [2.05, 4.69) is 23.7 Å². The highest BCUT2D eigenvalue weighted by Gasteiger charge is 2.28. The highest BCUT2D eigenvalue weighted by Crippen LogP contribution is 2.27. The van der Waals surface area contributed by atoms with Crippen molar-refractivity contribution >= 4 is 0 Å². The molecule has 1 aliphatic carbocycles. The highest BCUT2D eigenvalue weighted by molar-refractivity contribution is 4.88. The average Bonchev–Trinajstić information content (AvgIpc) is 2.86. The van der Waals surface area contributed by atoms with Gasteiger partial charge in [0.25, 0.3) is 0 Å². The molecule has 1 atom stereocenters. The number of hydrogen-bond acceptors (Lipinski definition) is 2. The maximum atomic E-state index is 3.81. The molecule has 1 fully saturated rings. The van der Waals surface area contributed by atoms with Crippen molar-refractivity contribution in [3.8, 4) is 0 Å². The number of nitrogens with one attached hydrogen (secondary N) is 1. The molecule has 0 amide bonds. The summed E-state index contributed by atoms with van der Waals surface area (Å²) in [6, 6.07) is 0.859. The predicted molar refractivity (Wildman–Crippen MR) is 57.9 cm³/mol. The maximum absolute atomic E-state index is 3.81. The molecule has 0 saturated heterocycles. The van der Waals surface area contributed by atoms with E-state index in [9.17, 15) is 0 Å². The fourth-order valence-corrected chi connectivity index (χ4v) is 1.79. The van der Waals surface area contributed by atoms with Gasteiger partial charge in [-0.1, -0.05) is 13.0 Å². The first-order valence-electron chi connectivity index (χ1n) is 5.27. The van der Waals surface area contributed by atoms with Crippen LogP contribution in [0.5, 0.6) is 0 Å². The zero-order valence-electron chi connectivity index (χ0n) is 8.92. The topological polar surface area (TPSA) is 15.3 Å². The minimum Gasteiger partial charge on any atom is -0.319 e. The van der Waals surface area contributed by atoms with Crippen LogP contribution in [0.3, 0.4) is 0 Å². The Labute approximate surface area is 82.0 Å². The van der Waals surface area contributed by atoms with E-state index in [1.54, 1.807) is 0 Å². The van der Waals surface area contributed by atoms with E-state index in [-0.39, 0.29) is 0 Å². The lowest BCUT2D eigenvalue weighted by Crippen LogP contribution is -2.34. The van der Waals surface area contributed by atoms with Crippen LogP contribution in [0.2, 0.25) is 0 Å². The first-order chi connectivity index (χ1) is 6.27. The zero-order chi connectivity index (χ0) is 9.68. The van der Waals surface area contributed by atoms with Gasteiger partial charge in [0.05, 0.1) is 0 Å². The Balaban J connectivity index is 2.23. The van der Waals surface area contributed by atoms with Crippen LogP contribution in [-0.2, 0) is 0 Å². The summed E-state index contributed by atoms with van der Waals surface area (Å²) in [5.74, 6) is 0.741. The number of rotatable bonds is 7. The SMILES string of the molecule is C=CCN(CC(C)CNC)C1CC1. The molecule has 0 aromatic carbocycles. The van der Waals surface area contributed by atoms with Crippen LogP contribution in [0.15, 0.2) is 12.7 Å². The van der Waals surface area contributed by atoms with Crippen molar-refractivity contribution in [2.75, 3.05) is 26.7 Å². The fourth-order valence-electron chi connectivity index (χ4n) is 1.79. The zero-order valence-corrected chi connectivity index (χ0v) is 8.92. The molecule has 76 valence electrons. The van der Waals surface area contributed by atoms with Crippen molar-refractivity contribution in [2.45, 2.75) is 25.8 Å². The van der Waals surface area contributed by atoms with Crippen molar-refractivity contribution in [2.24, 2.45) is 5.92 Å². The normalized spacial score (nSPS) is 19.0. The molecule has 1 unspecified atom stereocenters. The van der Waals surface area contributed by atoms with Crippen LogP contribution >= 0.6 is 0 Å². The van der Waals surface area contributed by atoms with Gasteiger partial charge >= 0.3 is 0 Å². The summed E-state index contributed by atoms with van der Waals surface area (Å²) in [5.41, 5.74) is 0. The molecule has 1 saturated carbocycles. The Morgan fingerprint density at radius 2 is 2.31 bits per heavy atom. The molecule has 0 aromatic heterocycles. The van der Waals surface area contributed by atoms with E-state index in [0.29, 0.717) is 0 Å². The molecule has 0 heterocycles. The van der Waals surface area contributed by atoms with E-state index in [1.807, 2.05) is 13.1 Å². The van der Waals surface area contributed by atoms with E-state index in [0.717, 1.165) is 25.0 Å². The Bertz CT molecular complexity index is 152. The maximum Gasteiger partial charge on any atom is 0.0163 e. The Morgan fingerprint density at radius 3 is 2.77 bits per heavy atom. The van der Waals surface area contributed by atoms with Gasteiger partial charge in [-0.3, -0.25) is 4.90 Å². The van der Waals surface area contributed by atoms with Gasteiger partial charge in [-0.15, -0.1) is 6.58 Å². The van der Waals surface area contributed by atoms with Gasteiger partial charge < -0.3 is 5.32 Å². The lowest BCUT2D eigenvalue weighted by atomic mass is 10.1. The van der Waals surface area contributed by atoms with Crippen LogP contribution < -0.4 is 5.32 Å². The number of nitrogens with zero attached hydrogens (tertiary/aromatic N) is 1. The van der Waals surface area contributed by atoms with Crippen LogP contribution in [0.4, 0.5) is 0 Å². The van der Waals surface area contributed by atoms with E-state index in [1.165, 1.54) is 19.4 Å². The van der Waals surface area contributed by atoms with E-state index >= 15 is 0 Å². The van der Waals surface area contributed by atoms with Gasteiger partial charge in [0.1, 0.15) is 0 Å². The van der Waals surface area contributed by atoms with Gasteiger partial charge in [0.15, 0.2) is 0 Å². The Kier molecular flexibility index (Phi) is 4.46. The van der Waals surface area contributed by atoms with Crippen molar-refractivity contribution in [1.29, 1.82) is 0 Å². The third-order valence-electron chi connectivity index (χ3n) is 2.53. The smallest absolute Gasteiger partial charge is 0.0163 e. The summed E-state index contributed by atoms with van der Waals surface area (Å²) < 4.78 is 0. The van der Waals surface area contributed by atoms with Crippen LogP contribution in [0.1, 0.15) is 19.8 Å². The summed E-state index contributed by atoms with van der Waals surface area (Å²) in [6.45, 7) is 9.48. The molecule has 2 nitrogen and oxygen atoms in total. The van der Waals surface area contributed by atoms with Gasteiger partial charge in [-0.25, -0.2) is 0 Å². The summed E-state index contributed by atoms with van der Waals surface area (Å²) in [6.07, 6.45) is 4.80. The summed E-state index contributed by atoms with van der Waals surface area (Å²) in [4.78, 5) is 2.55. The molecule has 0 aromatic rings. The summed E-state index contributed by atoms with van der Waals surface area (Å²) >= 11 is 0. The van der Waals surface area contributed by atoms with Crippen LogP contribution in [-0.4, -0.2) is 37.6 Å². The van der Waals surface area contributed by atoms with Crippen molar-refractivity contribution in [3.05, 3.63) is 12.7 Å². The molecule has 1 N–H and O–H groups in total. The largest absolute Gasteiger partial charge is 0.319 e. The van der Waals surface area contributed by atoms with Crippen LogP contribution in [0, 0.1) is 5.92 Å². The third-order valence-corrected chi connectivity index (χ3v) is 2.53. The first-order valence-corrected chi connectivity index (χ1v) is 5.27. The minimum absolute atomic E-state index is 0.741. The molecule has 1 rings (SSSR count). The molecule has 1 aliphatic rings. The molecular formula is C11H22N2. The van der Waals surface area contributed by atoms with Crippen molar-refractivity contribution in [1.82, 2.24) is 10.2 Å². The third kappa shape index (κ3) is 3.92. The van der Waals surface area contributed by atoms with E-state index in [4.69, 9.17) is 0 Å². The first kappa shape index (κ1) is 10.7. The van der Waals surface area contributed by atoms with Crippen molar-refractivity contribution in [3.63, 3.8) is 0 Å². The molecular weight excluding hydrogens is 160 g/mol. The standard InChI is InChI=1S/C11H22N2/c1-4-7-13(11-5-6-11)9-10(2)8-12-3/h4,10-12H,1,5-9H2,2-3H3. The quantitative estimate of drug-likeness (QED) is 0.600. The van der Waals surface area contributed by atoms with Gasteiger partial charge in [-0.05, 0) is 32.4 Å². The Morgan fingerprint density at radius 1 is 1.62 bits per heavy atom. The van der Waals surface area contributed by atoms with E-state index < -0.39 is 0 Å². The lowest BCUT2D eigenvalue weighted by Gasteiger charge is -2.24. The lowest BCUT2D eigenvalue weighted by molar-refractivity contribution is 0.249.